The number of carbonyl (C=O) groups excluding carboxylic acids is 1. The highest BCUT2D eigenvalue weighted by atomic mass is 32.2. The van der Waals surface area contributed by atoms with Gasteiger partial charge >= 0.3 is 0 Å². The number of amides is 1. The summed E-state index contributed by atoms with van der Waals surface area (Å²) < 4.78 is 49.7. The van der Waals surface area contributed by atoms with Crippen LogP contribution >= 0.6 is 0 Å². The first kappa shape index (κ1) is 16.4. The molecule has 0 aromatic heterocycles. The minimum absolute atomic E-state index is 0.0303. The quantitative estimate of drug-likeness (QED) is 0.829. The summed E-state index contributed by atoms with van der Waals surface area (Å²) in [6, 6.07) is 0.867. The van der Waals surface area contributed by atoms with Crippen LogP contribution in [-0.4, -0.2) is 31.9 Å². The third kappa shape index (κ3) is 4.16. The van der Waals surface area contributed by atoms with E-state index in [0.717, 1.165) is 6.07 Å². The SMILES string of the molecule is CCS(=O)(=O)CC(C)Nc1cc(C(N)=O)c(F)cc1F. The Kier molecular flexibility index (Phi) is 5.04. The molecule has 0 spiro atoms. The van der Waals surface area contributed by atoms with Gasteiger partial charge in [0.05, 0.1) is 17.0 Å². The summed E-state index contributed by atoms with van der Waals surface area (Å²) in [5.74, 6) is -3.24. The smallest absolute Gasteiger partial charge is 0.251 e. The molecule has 1 aromatic rings. The van der Waals surface area contributed by atoms with Crippen LogP contribution in [-0.2, 0) is 9.84 Å². The largest absolute Gasteiger partial charge is 0.379 e. The predicted molar refractivity (Wildman–Crippen MR) is 72.3 cm³/mol. The maximum Gasteiger partial charge on any atom is 0.251 e. The van der Waals surface area contributed by atoms with Crippen molar-refractivity contribution in [2.45, 2.75) is 19.9 Å². The highest BCUT2D eigenvalue weighted by Gasteiger charge is 2.18. The molecular formula is C12H16F2N2O3S. The minimum atomic E-state index is -3.24. The van der Waals surface area contributed by atoms with Crippen LogP contribution in [0.25, 0.3) is 0 Å². The van der Waals surface area contributed by atoms with Crippen LogP contribution in [0.3, 0.4) is 0 Å². The molecule has 0 aliphatic carbocycles. The van der Waals surface area contributed by atoms with E-state index in [-0.39, 0.29) is 17.2 Å². The second-order valence-electron chi connectivity index (χ2n) is 4.42. The molecule has 0 saturated heterocycles. The van der Waals surface area contributed by atoms with Crippen LogP contribution in [0.2, 0.25) is 0 Å². The lowest BCUT2D eigenvalue weighted by atomic mass is 10.1. The van der Waals surface area contributed by atoms with Gasteiger partial charge in [0.1, 0.15) is 11.6 Å². The van der Waals surface area contributed by atoms with Crippen molar-refractivity contribution in [2.24, 2.45) is 5.73 Å². The number of hydrogen-bond acceptors (Lipinski definition) is 4. The molecule has 8 heteroatoms. The molecule has 0 radical (unpaired) electrons. The third-order valence-corrected chi connectivity index (χ3v) is 4.56. The van der Waals surface area contributed by atoms with Gasteiger partial charge in [-0.25, -0.2) is 17.2 Å². The maximum absolute atomic E-state index is 13.6. The number of benzene rings is 1. The van der Waals surface area contributed by atoms with Crippen LogP contribution in [0.1, 0.15) is 24.2 Å². The first-order chi connectivity index (χ1) is 9.16. The van der Waals surface area contributed by atoms with Crippen LogP contribution in [0, 0.1) is 11.6 Å². The monoisotopic (exact) mass is 306 g/mol. The molecule has 1 rings (SSSR count). The van der Waals surface area contributed by atoms with E-state index in [0.29, 0.717) is 6.07 Å². The average Bonchev–Trinajstić information content (AvgIpc) is 2.31. The molecule has 0 saturated carbocycles. The molecule has 1 unspecified atom stereocenters. The Balaban J connectivity index is 2.98. The molecule has 3 N–H and O–H groups in total. The molecule has 20 heavy (non-hydrogen) atoms. The van der Waals surface area contributed by atoms with Crippen molar-refractivity contribution in [3.8, 4) is 0 Å². The number of nitrogens with two attached hydrogens (primary N) is 1. The lowest BCUT2D eigenvalue weighted by molar-refractivity contribution is 0.0996. The standard InChI is InChI=1S/C12H16F2N2O3S/c1-3-20(18,19)6-7(2)16-11-4-8(12(15)17)9(13)5-10(11)14/h4-5,7,16H,3,6H2,1-2H3,(H2,15,17). The summed E-state index contributed by atoms with van der Waals surface area (Å²) in [5, 5.41) is 2.59. The average molecular weight is 306 g/mol. The fourth-order valence-corrected chi connectivity index (χ4v) is 2.74. The topological polar surface area (TPSA) is 89.3 Å². The van der Waals surface area contributed by atoms with Gasteiger partial charge in [-0.2, -0.15) is 0 Å². The van der Waals surface area contributed by atoms with Crippen molar-refractivity contribution in [3.63, 3.8) is 0 Å². The van der Waals surface area contributed by atoms with Crippen LogP contribution < -0.4 is 11.1 Å². The molecule has 0 heterocycles. The number of sulfone groups is 1. The Morgan fingerprint density at radius 1 is 1.35 bits per heavy atom. The number of nitrogens with one attached hydrogen (secondary N) is 1. The summed E-state index contributed by atoms with van der Waals surface area (Å²) >= 11 is 0. The van der Waals surface area contributed by atoms with Crippen LogP contribution in [0.4, 0.5) is 14.5 Å². The van der Waals surface area contributed by atoms with Crippen molar-refractivity contribution in [2.75, 3.05) is 16.8 Å². The van der Waals surface area contributed by atoms with Gasteiger partial charge in [-0.3, -0.25) is 4.79 Å². The van der Waals surface area contributed by atoms with E-state index >= 15 is 0 Å². The first-order valence-corrected chi connectivity index (χ1v) is 7.74. The van der Waals surface area contributed by atoms with E-state index in [4.69, 9.17) is 5.73 Å². The van der Waals surface area contributed by atoms with Gasteiger partial charge in [0.25, 0.3) is 5.91 Å². The zero-order valence-corrected chi connectivity index (χ0v) is 11.9. The summed E-state index contributed by atoms with van der Waals surface area (Å²) in [6.45, 7) is 3.05. The zero-order chi connectivity index (χ0) is 15.5. The number of halogens is 2. The molecule has 5 nitrogen and oxygen atoms in total. The normalized spacial score (nSPS) is 13.0. The van der Waals surface area contributed by atoms with Crippen LogP contribution in [0.5, 0.6) is 0 Å². The van der Waals surface area contributed by atoms with E-state index in [1.165, 1.54) is 6.92 Å². The van der Waals surface area contributed by atoms with E-state index in [9.17, 15) is 22.0 Å². The van der Waals surface area contributed by atoms with E-state index < -0.39 is 39.0 Å². The summed E-state index contributed by atoms with van der Waals surface area (Å²) in [5.41, 5.74) is 4.34. The Hall–Kier alpha value is -1.70. The van der Waals surface area contributed by atoms with Gasteiger partial charge in [-0.1, -0.05) is 6.92 Å². The van der Waals surface area contributed by atoms with Crippen LogP contribution in [0.15, 0.2) is 12.1 Å². The fraction of sp³-hybridized carbons (Fsp3) is 0.417. The maximum atomic E-state index is 13.6. The minimum Gasteiger partial charge on any atom is -0.379 e. The molecule has 1 atom stereocenters. The predicted octanol–water partition coefficient (Wildman–Crippen LogP) is 1.30. The Morgan fingerprint density at radius 2 is 1.95 bits per heavy atom. The number of carbonyl (C=O) groups is 1. The molecule has 0 aliphatic heterocycles. The lowest BCUT2D eigenvalue weighted by Gasteiger charge is -2.16. The summed E-state index contributed by atoms with van der Waals surface area (Å²) in [4.78, 5) is 11.0. The van der Waals surface area contributed by atoms with Crippen molar-refractivity contribution < 1.29 is 22.0 Å². The molecule has 0 aliphatic rings. The number of primary amides is 1. The van der Waals surface area contributed by atoms with Gasteiger partial charge in [-0.05, 0) is 13.0 Å². The molecule has 1 aromatic carbocycles. The summed E-state index contributed by atoms with van der Waals surface area (Å²) in [6.07, 6.45) is 0. The van der Waals surface area contributed by atoms with E-state index in [1.807, 2.05) is 0 Å². The Bertz CT molecular complexity index is 617. The van der Waals surface area contributed by atoms with Crippen molar-refractivity contribution in [1.29, 1.82) is 0 Å². The molecule has 112 valence electrons. The number of hydrogen-bond donors (Lipinski definition) is 2. The molecule has 0 fully saturated rings. The first-order valence-electron chi connectivity index (χ1n) is 5.92. The summed E-state index contributed by atoms with van der Waals surface area (Å²) in [7, 11) is -3.24. The van der Waals surface area contributed by atoms with Gasteiger partial charge in [-0.15, -0.1) is 0 Å². The molecule has 0 bridgehead atoms. The number of anilines is 1. The Morgan fingerprint density at radius 3 is 2.45 bits per heavy atom. The van der Waals surface area contributed by atoms with Crippen molar-refractivity contribution in [3.05, 3.63) is 29.3 Å². The number of rotatable bonds is 6. The fourth-order valence-electron chi connectivity index (χ4n) is 1.65. The van der Waals surface area contributed by atoms with Gasteiger partial charge in [0, 0.05) is 17.9 Å². The van der Waals surface area contributed by atoms with Gasteiger partial charge in [0.15, 0.2) is 9.84 Å². The van der Waals surface area contributed by atoms with E-state index in [1.54, 1.807) is 6.92 Å². The highest BCUT2D eigenvalue weighted by Crippen LogP contribution is 2.20. The lowest BCUT2D eigenvalue weighted by Crippen LogP contribution is -2.27. The zero-order valence-electron chi connectivity index (χ0n) is 11.1. The van der Waals surface area contributed by atoms with Gasteiger partial charge < -0.3 is 11.1 Å². The highest BCUT2D eigenvalue weighted by molar-refractivity contribution is 7.91. The van der Waals surface area contributed by atoms with Crippen molar-refractivity contribution in [1.82, 2.24) is 0 Å². The Labute approximate surface area is 116 Å². The second-order valence-corrected chi connectivity index (χ2v) is 6.82. The van der Waals surface area contributed by atoms with E-state index in [2.05, 4.69) is 5.32 Å². The third-order valence-electron chi connectivity index (χ3n) is 2.67. The van der Waals surface area contributed by atoms with Crippen molar-refractivity contribution >= 4 is 21.4 Å². The molecular weight excluding hydrogens is 290 g/mol. The molecule has 1 amide bonds. The second kappa shape index (κ2) is 6.17. The van der Waals surface area contributed by atoms with Gasteiger partial charge in [0.2, 0.25) is 0 Å².